The van der Waals surface area contributed by atoms with E-state index in [1.54, 1.807) is 11.9 Å². The van der Waals surface area contributed by atoms with E-state index >= 15 is 0 Å². The standard InChI is InChI=1S/C23H34N6O3/c1-15-18-5-6-20(31)27(2)22(18)26-21(25-15)16-7-12-29(13-8-16)23(32)17-4-3-10-28(14-17)11-9-19(24)30/h16-17H,3-14H2,1-2H3,(H2,24,30)/t17-/m1/s1. The van der Waals surface area contributed by atoms with Crippen LogP contribution in [0.3, 0.4) is 0 Å². The van der Waals surface area contributed by atoms with Crippen molar-refractivity contribution < 1.29 is 14.4 Å². The SMILES string of the molecule is Cc1nc(C2CCN(C(=O)[C@@H]3CCCN(CCC(N)=O)C3)CC2)nc2c1CCC(=O)N2C. The molecule has 9 nitrogen and oxygen atoms in total. The average molecular weight is 443 g/mol. The maximum Gasteiger partial charge on any atom is 0.228 e. The predicted octanol–water partition coefficient (Wildman–Crippen LogP) is 0.987. The number of nitrogens with two attached hydrogens (primary N) is 1. The van der Waals surface area contributed by atoms with Gasteiger partial charge in [0.2, 0.25) is 17.7 Å². The number of carbonyl (C=O) groups is 3. The van der Waals surface area contributed by atoms with Gasteiger partial charge in [-0.05, 0) is 45.6 Å². The molecule has 9 heteroatoms. The predicted molar refractivity (Wildman–Crippen MR) is 120 cm³/mol. The van der Waals surface area contributed by atoms with Gasteiger partial charge in [-0.1, -0.05) is 0 Å². The Balaban J connectivity index is 1.36. The van der Waals surface area contributed by atoms with E-state index in [-0.39, 0.29) is 29.6 Å². The molecule has 0 saturated carbocycles. The summed E-state index contributed by atoms with van der Waals surface area (Å²) in [5.74, 6) is 1.77. The van der Waals surface area contributed by atoms with E-state index in [4.69, 9.17) is 15.7 Å². The highest BCUT2D eigenvalue weighted by Gasteiger charge is 2.33. The number of piperidine rings is 2. The van der Waals surface area contributed by atoms with Crippen LogP contribution in [0.2, 0.25) is 0 Å². The molecule has 0 unspecified atom stereocenters. The molecule has 1 atom stereocenters. The van der Waals surface area contributed by atoms with Crippen LogP contribution in [0, 0.1) is 12.8 Å². The van der Waals surface area contributed by atoms with Crippen LogP contribution in [0.15, 0.2) is 0 Å². The highest BCUT2D eigenvalue weighted by molar-refractivity contribution is 5.94. The van der Waals surface area contributed by atoms with Crippen LogP contribution in [0.1, 0.15) is 61.5 Å². The van der Waals surface area contributed by atoms with Crippen molar-refractivity contribution in [3.63, 3.8) is 0 Å². The Morgan fingerprint density at radius 2 is 1.84 bits per heavy atom. The smallest absolute Gasteiger partial charge is 0.228 e. The molecule has 32 heavy (non-hydrogen) atoms. The van der Waals surface area contributed by atoms with E-state index in [0.29, 0.717) is 45.4 Å². The highest BCUT2D eigenvalue weighted by Crippen LogP contribution is 2.32. The molecule has 3 amide bonds. The summed E-state index contributed by atoms with van der Waals surface area (Å²) >= 11 is 0. The number of carbonyl (C=O) groups excluding carboxylic acids is 3. The third kappa shape index (κ3) is 4.77. The molecular weight excluding hydrogens is 408 g/mol. The molecule has 4 rings (SSSR count). The number of hydrogen-bond acceptors (Lipinski definition) is 6. The number of nitrogens with zero attached hydrogens (tertiary/aromatic N) is 5. The van der Waals surface area contributed by atoms with Gasteiger partial charge in [0.1, 0.15) is 11.6 Å². The number of aromatic nitrogens is 2. The maximum atomic E-state index is 13.1. The molecule has 0 aliphatic carbocycles. The van der Waals surface area contributed by atoms with Crippen molar-refractivity contribution in [1.82, 2.24) is 19.8 Å². The van der Waals surface area contributed by atoms with Gasteiger partial charge in [0, 0.05) is 63.2 Å². The number of primary amides is 1. The van der Waals surface area contributed by atoms with Crippen LogP contribution in [0.5, 0.6) is 0 Å². The number of hydrogen-bond donors (Lipinski definition) is 1. The van der Waals surface area contributed by atoms with Crippen molar-refractivity contribution in [2.45, 2.75) is 57.8 Å². The fourth-order valence-electron chi connectivity index (χ4n) is 5.22. The van der Waals surface area contributed by atoms with Gasteiger partial charge in [-0.25, -0.2) is 9.97 Å². The van der Waals surface area contributed by atoms with E-state index in [9.17, 15) is 14.4 Å². The van der Waals surface area contributed by atoms with E-state index in [1.807, 2.05) is 11.8 Å². The van der Waals surface area contributed by atoms with Gasteiger partial charge >= 0.3 is 0 Å². The van der Waals surface area contributed by atoms with Crippen LogP contribution in [0.25, 0.3) is 0 Å². The Morgan fingerprint density at radius 3 is 2.56 bits per heavy atom. The fraction of sp³-hybridized carbons (Fsp3) is 0.696. The van der Waals surface area contributed by atoms with Gasteiger partial charge in [-0.2, -0.15) is 0 Å². The van der Waals surface area contributed by atoms with E-state index in [2.05, 4.69) is 4.90 Å². The Kier molecular flexibility index (Phi) is 6.74. The van der Waals surface area contributed by atoms with Crippen LogP contribution in [-0.2, 0) is 20.8 Å². The first-order valence-corrected chi connectivity index (χ1v) is 11.8. The highest BCUT2D eigenvalue weighted by atomic mass is 16.2. The third-order valence-corrected chi connectivity index (χ3v) is 7.19. The largest absolute Gasteiger partial charge is 0.370 e. The second-order valence-electron chi connectivity index (χ2n) is 9.38. The molecule has 0 spiro atoms. The molecule has 1 aromatic heterocycles. The molecule has 2 fully saturated rings. The average Bonchev–Trinajstić information content (AvgIpc) is 2.80. The van der Waals surface area contributed by atoms with E-state index < -0.39 is 0 Å². The Hall–Kier alpha value is -2.55. The number of aryl methyl sites for hydroxylation is 1. The van der Waals surface area contributed by atoms with Gasteiger partial charge < -0.3 is 15.5 Å². The van der Waals surface area contributed by atoms with Gasteiger partial charge in [-0.15, -0.1) is 0 Å². The minimum atomic E-state index is -0.296. The Labute approximate surface area is 189 Å². The zero-order valence-electron chi connectivity index (χ0n) is 19.2. The lowest BCUT2D eigenvalue weighted by atomic mass is 9.92. The summed E-state index contributed by atoms with van der Waals surface area (Å²) in [5, 5.41) is 0. The van der Waals surface area contributed by atoms with E-state index in [0.717, 1.165) is 55.1 Å². The summed E-state index contributed by atoms with van der Waals surface area (Å²) in [7, 11) is 1.79. The van der Waals surface area contributed by atoms with Gasteiger partial charge in [-0.3, -0.25) is 19.3 Å². The maximum absolute atomic E-state index is 13.1. The second-order valence-corrected chi connectivity index (χ2v) is 9.38. The number of rotatable bonds is 5. The molecule has 0 radical (unpaired) electrons. The molecule has 3 aliphatic heterocycles. The molecule has 0 bridgehead atoms. The number of fused-ring (bicyclic) bond motifs is 1. The number of likely N-dealkylation sites (tertiary alicyclic amines) is 2. The summed E-state index contributed by atoms with van der Waals surface area (Å²) in [4.78, 5) is 51.7. The molecule has 2 N–H and O–H groups in total. The monoisotopic (exact) mass is 442 g/mol. The summed E-state index contributed by atoms with van der Waals surface area (Å²) in [6, 6.07) is 0. The van der Waals surface area contributed by atoms with Crippen LogP contribution in [-0.4, -0.2) is 77.3 Å². The van der Waals surface area contributed by atoms with Gasteiger partial charge in [0.05, 0.1) is 5.92 Å². The van der Waals surface area contributed by atoms with E-state index in [1.165, 1.54) is 0 Å². The van der Waals surface area contributed by atoms with Crippen LogP contribution < -0.4 is 10.6 Å². The Morgan fingerprint density at radius 1 is 1.09 bits per heavy atom. The van der Waals surface area contributed by atoms with Crippen molar-refractivity contribution >= 4 is 23.5 Å². The quantitative estimate of drug-likeness (QED) is 0.728. The lowest BCUT2D eigenvalue weighted by Crippen LogP contribution is -2.47. The summed E-state index contributed by atoms with van der Waals surface area (Å²) in [5.41, 5.74) is 7.30. The van der Waals surface area contributed by atoms with Crippen molar-refractivity contribution in [1.29, 1.82) is 0 Å². The van der Waals surface area contributed by atoms with Crippen molar-refractivity contribution in [2.24, 2.45) is 11.7 Å². The fourth-order valence-corrected chi connectivity index (χ4v) is 5.22. The van der Waals surface area contributed by atoms with Crippen LogP contribution >= 0.6 is 0 Å². The molecule has 2 saturated heterocycles. The van der Waals surface area contributed by atoms with Crippen molar-refractivity contribution in [2.75, 3.05) is 44.7 Å². The topological polar surface area (TPSA) is 113 Å². The Bertz CT molecular complexity index is 896. The normalized spacial score (nSPS) is 22.7. The summed E-state index contributed by atoms with van der Waals surface area (Å²) in [6.07, 6.45) is 5.09. The zero-order valence-corrected chi connectivity index (χ0v) is 19.2. The molecule has 3 aliphatic rings. The van der Waals surface area contributed by atoms with Crippen molar-refractivity contribution in [3.8, 4) is 0 Å². The molecule has 0 aromatic carbocycles. The molecule has 4 heterocycles. The first-order valence-electron chi connectivity index (χ1n) is 11.8. The second kappa shape index (κ2) is 9.52. The van der Waals surface area contributed by atoms with Crippen molar-refractivity contribution in [3.05, 3.63) is 17.1 Å². The lowest BCUT2D eigenvalue weighted by Gasteiger charge is -2.37. The number of anilines is 1. The first-order chi connectivity index (χ1) is 15.3. The van der Waals surface area contributed by atoms with Crippen LogP contribution in [0.4, 0.5) is 5.82 Å². The van der Waals surface area contributed by atoms with Gasteiger partial charge in [0.25, 0.3) is 0 Å². The summed E-state index contributed by atoms with van der Waals surface area (Å²) in [6.45, 7) is 5.67. The van der Waals surface area contributed by atoms with Gasteiger partial charge in [0.15, 0.2) is 0 Å². The number of amides is 3. The first kappa shape index (κ1) is 22.6. The molecular formula is C23H34N6O3. The third-order valence-electron chi connectivity index (χ3n) is 7.19. The molecule has 1 aromatic rings. The zero-order chi connectivity index (χ0) is 22.8. The molecule has 174 valence electrons. The minimum absolute atomic E-state index is 0.00456. The minimum Gasteiger partial charge on any atom is -0.370 e. The lowest BCUT2D eigenvalue weighted by molar-refractivity contribution is -0.138. The summed E-state index contributed by atoms with van der Waals surface area (Å²) < 4.78 is 0.